The molecule has 0 aliphatic carbocycles. The van der Waals surface area contributed by atoms with Crippen molar-refractivity contribution in [1.29, 1.82) is 0 Å². The van der Waals surface area contributed by atoms with Gasteiger partial charge < -0.3 is 15.5 Å². The van der Waals surface area contributed by atoms with Crippen molar-refractivity contribution in [2.75, 3.05) is 6.54 Å². The molecule has 22 heavy (non-hydrogen) atoms. The largest absolute Gasteiger partial charge is 0.508 e. The molecule has 116 valence electrons. The van der Waals surface area contributed by atoms with Crippen LogP contribution in [0.25, 0.3) is 0 Å². The molecular formula is C16H18N2O4. The smallest absolute Gasteiger partial charge is 0.321 e. The van der Waals surface area contributed by atoms with Gasteiger partial charge in [0.15, 0.2) is 0 Å². The Morgan fingerprint density at radius 3 is 2.14 bits per heavy atom. The molecule has 0 saturated carbocycles. The van der Waals surface area contributed by atoms with Gasteiger partial charge in [-0.25, -0.2) is 4.79 Å². The Hall–Kier alpha value is -3.02. The van der Waals surface area contributed by atoms with Crippen LogP contribution in [0, 0.1) is 0 Å². The topological polar surface area (TPSA) is 98.7 Å². The number of carbonyl (C=O) groups is 2. The second-order valence-corrected chi connectivity index (χ2v) is 4.27. The molecule has 0 aliphatic rings. The third kappa shape index (κ3) is 7.54. The van der Waals surface area contributed by atoms with Crippen molar-refractivity contribution in [3.8, 4) is 11.5 Å². The molecule has 0 unspecified atom stereocenters. The summed E-state index contributed by atoms with van der Waals surface area (Å²) in [4.78, 5) is 20.7. The van der Waals surface area contributed by atoms with Crippen molar-refractivity contribution < 1.29 is 19.8 Å². The Kier molecular flexibility index (Phi) is 7.60. The molecule has 0 saturated heterocycles. The summed E-state index contributed by atoms with van der Waals surface area (Å²) in [5.74, 6) is 0.176. The van der Waals surface area contributed by atoms with Gasteiger partial charge in [-0.3, -0.25) is 10.1 Å². The van der Waals surface area contributed by atoms with Gasteiger partial charge in [0.1, 0.15) is 11.5 Å². The lowest BCUT2D eigenvalue weighted by Gasteiger charge is -2.03. The average molecular weight is 302 g/mol. The van der Waals surface area contributed by atoms with E-state index in [1.54, 1.807) is 6.07 Å². The zero-order valence-electron chi connectivity index (χ0n) is 11.9. The molecule has 0 aliphatic heterocycles. The highest BCUT2D eigenvalue weighted by Crippen LogP contribution is 2.14. The van der Waals surface area contributed by atoms with Gasteiger partial charge in [0, 0.05) is 12.6 Å². The summed E-state index contributed by atoms with van der Waals surface area (Å²) >= 11 is 0. The zero-order chi connectivity index (χ0) is 16.2. The lowest BCUT2D eigenvalue weighted by molar-refractivity contribution is -0.108. The maximum absolute atomic E-state index is 10.8. The van der Waals surface area contributed by atoms with Gasteiger partial charge in [0.25, 0.3) is 0 Å². The predicted molar refractivity (Wildman–Crippen MR) is 82.5 cm³/mol. The molecule has 0 bridgehead atoms. The van der Waals surface area contributed by atoms with E-state index in [2.05, 4.69) is 5.32 Å². The maximum atomic E-state index is 10.8. The van der Waals surface area contributed by atoms with Crippen LogP contribution in [0.4, 0.5) is 4.79 Å². The second kappa shape index (κ2) is 9.82. The first-order valence-corrected chi connectivity index (χ1v) is 6.61. The fourth-order valence-corrected chi connectivity index (χ4v) is 1.56. The van der Waals surface area contributed by atoms with Crippen molar-refractivity contribution in [2.24, 2.45) is 0 Å². The number of rotatable bonds is 4. The monoisotopic (exact) mass is 302 g/mol. The Labute approximate surface area is 128 Å². The number of benzene rings is 2. The molecule has 0 fully saturated rings. The summed E-state index contributed by atoms with van der Waals surface area (Å²) in [6.07, 6.45) is 1.12. The van der Waals surface area contributed by atoms with Crippen LogP contribution in [0.1, 0.15) is 5.56 Å². The van der Waals surface area contributed by atoms with Gasteiger partial charge in [0.05, 0.1) is 0 Å². The number of hydrogen-bond acceptors (Lipinski definition) is 4. The van der Waals surface area contributed by atoms with Crippen LogP contribution >= 0.6 is 0 Å². The zero-order valence-corrected chi connectivity index (χ0v) is 11.9. The van der Waals surface area contributed by atoms with Crippen LogP contribution in [0.15, 0.2) is 54.6 Å². The number of amides is 3. The van der Waals surface area contributed by atoms with Crippen LogP contribution < -0.4 is 10.6 Å². The minimum absolute atomic E-state index is 0.0880. The Bertz CT molecular complexity index is 570. The normalized spacial score (nSPS) is 9.09. The quantitative estimate of drug-likeness (QED) is 0.647. The van der Waals surface area contributed by atoms with Crippen molar-refractivity contribution in [1.82, 2.24) is 10.6 Å². The lowest BCUT2D eigenvalue weighted by atomic mass is 10.1. The Balaban J connectivity index is 0.000000255. The van der Waals surface area contributed by atoms with Crippen LogP contribution in [0.5, 0.6) is 11.5 Å². The Morgan fingerprint density at radius 2 is 1.64 bits per heavy atom. The van der Waals surface area contributed by atoms with Crippen LogP contribution in [0.3, 0.4) is 0 Å². The van der Waals surface area contributed by atoms with Crippen LogP contribution in [-0.4, -0.2) is 29.2 Å². The summed E-state index contributed by atoms with van der Waals surface area (Å²) in [6, 6.07) is 15.2. The third-order valence-corrected chi connectivity index (χ3v) is 2.56. The van der Waals surface area contributed by atoms with Gasteiger partial charge in [-0.15, -0.1) is 0 Å². The number of urea groups is 1. The number of phenolic OH excluding ortho intramolecular Hbond substituents is 2. The maximum Gasteiger partial charge on any atom is 0.321 e. The molecule has 2 rings (SSSR count). The van der Waals surface area contributed by atoms with E-state index in [-0.39, 0.29) is 11.5 Å². The summed E-state index contributed by atoms with van der Waals surface area (Å²) < 4.78 is 0. The first-order chi connectivity index (χ1) is 10.6. The minimum atomic E-state index is -0.462. The minimum Gasteiger partial charge on any atom is -0.508 e. The van der Waals surface area contributed by atoms with Gasteiger partial charge in [-0.05, 0) is 24.1 Å². The van der Waals surface area contributed by atoms with Gasteiger partial charge >= 0.3 is 6.03 Å². The molecule has 0 radical (unpaired) electrons. The number of hydrogen-bond donors (Lipinski definition) is 4. The molecule has 0 spiro atoms. The highest BCUT2D eigenvalue weighted by Gasteiger charge is 1.96. The van der Waals surface area contributed by atoms with Gasteiger partial charge in [-0.1, -0.05) is 36.4 Å². The highest BCUT2D eigenvalue weighted by atomic mass is 16.3. The molecule has 0 aromatic heterocycles. The van der Waals surface area contributed by atoms with E-state index in [1.165, 1.54) is 18.2 Å². The Morgan fingerprint density at radius 1 is 1.00 bits per heavy atom. The van der Waals surface area contributed by atoms with Crippen molar-refractivity contribution in [3.05, 3.63) is 60.2 Å². The molecule has 0 heterocycles. The van der Waals surface area contributed by atoms with Crippen LogP contribution in [0.2, 0.25) is 0 Å². The van der Waals surface area contributed by atoms with Crippen molar-refractivity contribution >= 4 is 12.4 Å². The van der Waals surface area contributed by atoms with E-state index in [1.807, 2.05) is 35.6 Å². The lowest BCUT2D eigenvalue weighted by Crippen LogP contribution is -2.35. The molecule has 0 atom stereocenters. The fraction of sp³-hybridized carbons (Fsp3) is 0.125. The molecule has 3 amide bonds. The molecule has 2 aromatic carbocycles. The fourth-order valence-electron chi connectivity index (χ4n) is 1.56. The standard InChI is InChI=1S/C10H12N2O2.C6H6O2/c13-8-12-10(14)11-7-6-9-4-2-1-3-5-9;7-5-2-1-3-6(8)4-5/h1-5,8H,6-7H2,(H2,11,12,13,14);1-4,7-8H. The number of phenols is 2. The van der Waals surface area contributed by atoms with Crippen molar-refractivity contribution in [3.63, 3.8) is 0 Å². The summed E-state index contributed by atoms with van der Waals surface area (Å²) in [5, 5.41) is 21.9. The number of nitrogens with one attached hydrogen (secondary N) is 2. The van der Waals surface area contributed by atoms with Gasteiger partial charge in [0.2, 0.25) is 6.41 Å². The molecule has 2 aromatic rings. The van der Waals surface area contributed by atoms with E-state index in [9.17, 15) is 9.59 Å². The predicted octanol–water partition coefficient (Wildman–Crippen LogP) is 1.78. The summed E-state index contributed by atoms with van der Waals surface area (Å²) in [7, 11) is 0. The first kappa shape index (κ1) is 17.0. The summed E-state index contributed by atoms with van der Waals surface area (Å²) in [5.41, 5.74) is 1.15. The molecule has 6 heteroatoms. The average Bonchev–Trinajstić information content (AvgIpc) is 2.49. The molecular weight excluding hydrogens is 284 g/mol. The van der Waals surface area contributed by atoms with E-state index in [4.69, 9.17) is 10.2 Å². The first-order valence-electron chi connectivity index (χ1n) is 6.61. The SMILES string of the molecule is O=CNC(=O)NCCc1ccccc1.Oc1cccc(O)c1. The third-order valence-electron chi connectivity index (χ3n) is 2.56. The summed E-state index contributed by atoms with van der Waals surface area (Å²) in [6.45, 7) is 0.518. The number of imide groups is 1. The van der Waals surface area contributed by atoms with E-state index in [0.717, 1.165) is 12.0 Å². The number of carbonyl (C=O) groups excluding carboxylic acids is 2. The second-order valence-electron chi connectivity index (χ2n) is 4.27. The van der Waals surface area contributed by atoms with E-state index < -0.39 is 6.03 Å². The molecule has 4 N–H and O–H groups in total. The van der Waals surface area contributed by atoms with Gasteiger partial charge in [-0.2, -0.15) is 0 Å². The van der Waals surface area contributed by atoms with Crippen molar-refractivity contribution in [2.45, 2.75) is 6.42 Å². The highest BCUT2D eigenvalue weighted by molar-refractivity contribution is 5.84. The van der Waals surface area contributed by atoms with Crippen LogP contribution in [-0.2, 0) is 11.2 Å². The van der Waals surface area contributed by atoms with E-state index >= 15 is 0 Å². The number of aromatic hydroxyl groups is 2. The molecule has 6 nitrogen and oxygen atoms in total. The van der Waals surface area contributed by atoms with E-state index in [0.29, 0.717) is 13.0 Å².